The van der Waals surface area contributed by atoms with Crippen LogP contribution in [0.1, 0.15) is 30.9 Å². The summed E-state index contributed by atoms with van der Waals surface area (Å²) < 4.78 is 0.801. The predicted molar refractivity (Wildman–Crippen MR) is 100 cm³/mol. The molecule has 1 saturated carbocycles. The summed E-state index contributed by atoms with van der Waals surface area (Å²) >= 11 is 2.90. The monoisotopic (exact) mass is 362 g/mol. The van der Waals surface area contributed by atoms with Crippen LogP contribution in [0.2, 0.25) is 0 Å². The third kappa shape index (κ3) is 4.70. The second-order valence-electron chi connectivity index (χ2n) is 6.28. The third-order valence-corrected chi connectivity index (χ3v) is 6.18. The van der Waals surface area contributed by atoms with Crippen LogP contribution in [0.5, 0.6) is 0 Å². The van der Waals surface area contributed by atoms with Gasteiger partial charge in [-0.25, -0.2) is 0 Å². The van der Waals surface area contributed by atoms with E-state index in [1.54, 1.807) is 0 Å². The van der Waals surface area contributed by atoms with Crippen molar-refractivity contribution in [1.82, 2.24) is 15.5 Å². The van der Waals surface area contributed by atoms with E-state index in [9.17, 15) is 4.79 Å². The molecule has 1 aliphatic rings. The van der Waals surface area contributed by atoms with Crippen LogP contribution in [0.4, 0.5) is 10.8 Å². The molecule has 1 aromatic heterocycles. The first kappa shape index (κ1) is 17.2. The van der Waals surface area contributed by atoms with Crippen molar-refractivity contribution in [1.29, 1.82) is 0 Å². The van der Waals surface area contributed by atoms with E-state index in [1.165, 1.54) is 47.1 Å². The normalized spacial score (nSPS) is 15.1. The first-order valence-corrected chi connectivity index (χ1v) is 9.91. The summed E-state index contributed by atoms with van der Waals surface area (Å²) in [6.07, 6.45) is 2.47. The Balaban J connectivity index is 1.49. The fraction of sp³-hybridized carbons (Fsp3) is 0.471. The fourth-order valence-corrected chi connectivity index (χ4v) is 3.98. The van der Waals surface area contributed by atoms with Gasteiger partial charge in [0.2, 0.25) is 11.0 Å². The number of carbonyl (C=O) groups excluding carboxylic acids is 1. The summed E-state index contributed by atoms with van der Waals surface area (Å²) in [5.74, 6) is 1.13. The Morgan fingerprint density at radius 3 is 2.83 bits per heavy atom. The lowest BCUT2D eigenvalue weighted by Crippen LogP contribution is -2.35. The fourth-order valence-electron chi connectivity index (χ4n) is 2.40. The smallest absolute Gasteiger partial charge is 0.230 e. The number of nitrogens with zero attached hydrogens (tertiary/aromatic N) is 2. The van der Waals surface area contributed by atoms with Crippen LogP contribution < -0.4 is 10.6 Å². The first-order chi connectivity index (χ1) is 11.5. The Morgan fingerprint density at radius 1 is 1.33 bits per heavy atom. The highest BCUT2D eigenvalue weighted by atomic mass is 32.2. The number of rotatable bonds is 7. The molecule has 1 fully saturated rings. The van der Waals surface area contributed by atoms with Gasteiger partial charge in [0.1, 0.15) is 0 Å². The number of carbonyl (C=O) groups is 1. The zero-order valence-corrected chi connectivity index (χ0v) is 15.8. The van der Waals surface area contributed by atoms with Crippen molar-refractivity contribution in [2.24, 2.45) is 5.92 Å². The van der Waals surface area contributed by atoms with Crippen LogP contribution >= 0.6 is 23.1 Å². The van der Waals surface area contributed by atoms with Crippen molar-refractivity contribution >= 4 is 39.8 Å². The van der Waals surface area contributed by atoms with Crippen molar-refractivity contribution in [2.45, 2.75) is 44.0 Å². The molecule has 1 aliphatic carbocycles. The molecule has 1 atom stereocenters. The number of aromatic nitrogens is 2. The third-order valence-electron chi connectivity index (χ3n) is 4.21. The summed E-state index contributed by atoms with van der Waals surface area (Å²) in [5.41, 5.74) is 3.50. The Bertz CT molecular complexity index is 727. The molecule has 128 valence electrons. The highest BCUT2D eigenvalue weighted by Gasteiger charge is 2.28. The van der Waals surface area contributed by atoms with Gasteiger partial charge in [0.05, 0.1) is 5.75 Å². The molecular formula is C17H22N4OS2. The summed E-state index contributed by atoms with van der Waals surface area (Å²) in [7, 11) is 0. The van der Waals surface area contributed by atoms with Crippen LogP contribution in [-0.2, 0) is 4.79 Å². The van der Waals surface area contributed by atoms with Gasteiger partial charge in [-0.2, -0.15) is 0 Å². The van der Waals surface area contributed by atoms with Gasteiger partial charge in [-0.3, -0.25) is 4.79 Å². The predicted octanol–water partition coefficient (Wildman–Crippen LogP) is 3.91. The van der Waals surface area contributed by atoms with Crippen LogP contribution in [0.3, 0.4) is 0 Å². The number of hydrogen-bond donors (Lipinski definition) is 2. The van der Waals surface area contributed by atoms with E-state index in [2.05, 4.69) is 53.7 Å². The largest absolute Gasteiger partial charge is 0.353 e. The number of aryl methyl sites for hydroxylation is 2. The lowest BCUT2D eigenvalue weighted by atomic mass is 10.1. The topological polar surface area (TPSA) is 66.9 Å². The highest BCUT2D eigenvalue weighted by molar-refractivity contribution is 8.01. The Hall–Kier alpha value is -1.60. The number of hydrogen-bond acceptors (Lipinski definition) is 6. The van der Waals surface area contributed by atoms with E-state index in [-0.39, 0.29) is 11.9 Å². The van der Waals surface area contributed by atoms with E-state index >= 15 is 0 Å². The Kier molecular flexibility index (Phi) is 5.40. The first-order valence-electron chi connectivity index (χ1n) is 8.11. The molecule has 1 heterocycles. The zero-order valence-electron chi connectivity index (χ0n) is 14.1. The number of amides is 1. The maximum Gasteiger partial charge on any atom is 0.230 e. The average Bonchev–Trinajstić information content (AvgIpc) is 3.30. The molecule has 0 unspecified atom stereocenters. The van der Waals surface area contributed by atoms with Gasteiger partial charge < -0.3 is 10.6 Å². The maximum atomic E-state index is 11.9. The van der Waals surface area contributed by atoms with Crippen molar-refractivity contribution in [3.8, 4) is 0 Å². The van der Waals surface area contributed by atoms with Crippen LogP contribution in [0.15, 0.2) is 22.5 Å². The molecule has 0 spiro atoms. The highest BCUT2D eigenvalue weighted by Crippen LogP contribution is 2.32. The lowest BCUT2D eigenvalue weighted by molar-refractivity contribution is -0.119. The summed E-state index contributed by atoms with van der Waals surface area (Å²) in [4.78, 5) is 11.9. The van der Waals surface area contributed by atoms with E-state index < -0.39 is 0 Å². The van der Waals surface area contributed by atoms with Crippen LogP contribution in [0, 0.1) is 19.8 Å². The minimum absolute atomic E-state index is 0.0678. The lowest BCUT2D eigenvalue weighted by Gasteiger charge is -2.11. The number of anilines is 2. The quantitative estimate of drug-likeness (QED) is 0.731. The minimum Gasteiger partial charge on any atom is -0.353 e. The number of thioether (sulfide) groups is 1. The van der Waals surface area contributed by atoms with Crippen molar-refractivity contribution in [2.75, 3.05) is 11.1 Å². The van der Waals surface area contributed by atoms with Crippen LogP contribution in [0.25, 0.3) is 0 Å². The Labute approximate surface area is 150 Å². The minimum atomic E-state index is 0.0678. The van der Waals surface area contributed by atoms with Gasteiger partial charge in [0, 0.05) is 11.7 Å². The molecular weight excluding hydrogens is 340 g/mol. The van der Waals surface area contributed by atoms with Gasteiger partial charge in [-0.05, 0) is 62.8 Å². The molecule has 0 aliphatic heterocycles. The van der Waals surface area contributed by atoms with Gasteiger partial charge in [-0.1, -0.05) is 29.2 Å². The molecule has 3 rings (SSSR count). The van der Waals surface area contributed by atoms with Gasteiger partial charge >= 0.3 is 0 Å². The summed E-state index contributed by atoms with van der Waals surface area (Å²) in [6, 6.07) is 6.49. The average molecular weight is 363 g/mol. The molecule has 0 radical (unpaired) electrons. The SMILES string of the molecule is Cc1ccc(Nc2nnc(SCC(=O)N[C@@H](C)C3CC3)s2)cc1C. The molecule has 7 heteroatoms. The second-order valence-corrected chi connectivity index (χ2v) is 8.48. The molecule has 0 bridgehead atoms. The van der Waals surface area contributed by atoms with Crippen LogP contribution in [-0.4, -0.2) is 27.9 Å². The Morgan fingerprint density at radius 2 is 2.12 bits per heavy atom. The number of benzene rings is 1. The molecule has 5 nitrogen and oxygen atoms in total. The van der Waals surface area contributed by atoms with E-state index in [1.807, 2.05) is 6.07 Å². The van der Waals surface area contributed by atoms with E-state index in [0.29, 0.717) is 11.7 Å². The maximum absolute atomic E-state index is 11.9. The number of nitrogens with one attached hydrogen (secondary N) is 2. The zero-order chi connectivity index (χ0) is 17.1. The van der Waals surface area contributed by atoms with Crippen molar-refractivity contribution in [3.05, 3.63) is 29.3 Å². The van der Waals surface area contributed by atoms with E-state index in [0.717, 1.165) is 15.2 Å². The van der Waals surface area contributed by atoms with Gasteiger partial charge in [0.15, 0.2) is 4.34 Å². The van der Waals surface area contributed by atoms with Gasteiger partial charge in [0.25, 0.3) is 0 Å². The molecule has 1 amide bonds. The molecule has 2 aromatic rings. The molecule has 0 saturated heterocycles. The summed E-state index contributed by atoms with van der Waals surface area (Å²) in [5, 5.41) is 15.3. The molecule has 24 heavy (non-hydrogen) atoms. The molecule has 2 N–H and O–H groups in total. The standard InChI is InChI=1S/C17H22N4OS2/c1-10-4-7-14(8-11(10)2)19-16-20-21-17(24-16)23-9-15(22)18-12(3)13-5-6-13/h4,7-8,12-13H,5-6,9H2,1-3H3,(H,18,22)(H,19,20)/t12-/m0/s1. The second kappa shape index (κ2) is 7.53. The van der Waals surface area contributed by atoms with Gasteiger partial charge in [-0.15, -0.1) is 10.2 Å². The molecule has 1 aromatic carbocycles. The van der Waals surface area contributed by atoms with E-state index in [4.69, 9.17) is 0 Å². The summed E-state index contributed by atoms with van der Waals surface area (Å²) in [6.45, 7) is 6.26. The van der Waals surface area contributed by atoms with Crippen molar-refractivity contribution in [3.63, 3.8) is 0 Å². The van der Waals surface area contributed by atoms with Crippen molar-refractivity contribution < 1.29 is 4.79 Å².